The van der Waals surface area contributed by atoms with Crippen molar-refractivity contribution < 1.29 is 9.90 Å². The summed E-state index contributed by atoms with van der Waals surface area (Å²) in [6.07, 6.45) is 5.28. The number of hydrogen-bond acceptors (Lipinski definition) is 3. The van der Waals surface area contributed by atoms with Crippen LogP contribution in [-0.2, 0) is 13.6 Å². The lowest BCUT2D eigenvalue weighted by atomic mass is 10.1. The number of aromatic nitrogens is 2. The maximum Gasteiger partial charge on any atom is 0.339 e. The SMILES string of the molecule is CC(CC1CC1)NCc1c(C(=O)O)cnn1C. The molecule has 5 nitrogen and oxygen atoms in total. The molecule has 0 saturated heterocycles. The quantitative estimate of drug-likeness (QED) is 0.784. The highest BCUT2D eigenvalue weighted by atomic mass is 16.4. The van der Waals surface area contributed by atoms with E-state index in [4.69, 9.17) is 5.11 Å². The lowest BCUT2D eigenvalue weighted by molar-refractivity contribution is 0.0695. The molecule has 1 aliphatic carbocycles. The van der Waals surface area contributed by atoms with Crippen LogP contribution < -0.4 is 5.32 Å². The molecule has 0 aliphatic heterocycles. The van der Waals surface area contributed by atoms with Gasteiger partial charge in [-0.25, -0.2) is 4.79 Å². The zero-order valence-electron chi connectivity index (χ0n) is 10.3. The highest BCUT2D eigenvalue weighted by molar-refractivity contribution is 5.88. The third kappa shape index (κ3) is 3.06. The molecule has 1 aromatic heterocycles. The van der Waals surface area contributed by atoms with Crippen molar-refractivity contribution in [2.75, 3.05) is 0 Å². The predicted molar refractivity (Wildman–Crippen MR) is 63.8 cm³/mol. The van der Waals surface area contributed by atoms with Gasteiger partial charge in [0.2, 0.25) is 0 Å². The van der Waals surface area contributed by atoms with Gasteiger partial charge < -0.3 is 10.4 Å². The standard InChI is InChI=1S/C12H19N3O2/c1-8(5-9-3-4-9)13-7-11-10(12(16)17)6-14-15(11)2/h6,8-9,13H,3-5,7H2,1-2H3,(H,16,17). The molecule has 0 bridgehead atoms. The van der Waals surface area contributed by atoms with Crippen LogP contribution in [0.15, 0.2) is 6.20 Å². The van der Waals surface area contributed by atoms with Gasteiger partial charge in [0, 0.05) is 19.6 Å². The predicted octanol–water partition coefficient (Wildman–Crippen LogP) is 1.40. The Bertz CT molecular complexity index is 410. The second kappa shape index (κ2) is 4.87. The van der Waals surface area contributed by atoms with E-state index in [1.54, 1.807) is 11.7 Å². The van der Waals surface area contributed by atoms with E-state index in [1.807, 2.05) is 0 Å². The van der Waals surface area contributed by atoms with Gasteiger partial charge in [-0.1, -0.05) is 12.8 Å². The summed E-state index contributed by atoms with van der Waals surface area (Å²) in [4.78, 5) is 11.0. The van der Waals surface area contributed by atoms with E-state index in [1.165, 1.54) is 25.5 Å². The largest absolute Gasteiger partial charge is 0.478 e. The molecule has 17 heavy (non-hydrogen) atoms. The molecule has 2 rings (SSSR count). The van der Waals surface area contributed by atoms with Gasteiger partial charge in [0.05, 0.1) is 11.9 Å². The van der Waals surface area contributed by atoms with Crippen LogP contribution in [0.5, 0.6) is 0 Å². The van der Waals surface area contributed by atoms with E-state index in [0.717, 1.165) is 11.6 Å². The lowest BCUT2D eigenvalue weighted by Crippen LogP contribution is -2.27. The summed E-state index contributed by atoms with van der Waals surface area (Å²) in [5.41, 5.74) is 1.03. The van der Waals surface area contributed by atoms with Crippen molar-refractivity contribution in [2.24, 2.45) is 13.0 Å². The summed E-state index contributed by atoms with van der Waals surface area (Å²) in [7, 11) is 1.77. The van der Waals surface area contributed by atoms with Crippen LogP contribution in [-0.4, -0.2) is 26.9 Å². The Kier molecular flexibility index (Phi) is 3.47. The number of nitrogens with one attached hydrogen (secondary N) is 1. The van der Waals surface area contributed by atoms with Crippen LogP contribution in [0.25, 0.3) is 0 Å². The average Bonchev–Trinajstić information content (AvgIpc) is 2.98. The Morgan fingerprint density at radius 1 is 1.71 bits per heavy atom. The number of aromatic carboxylic acids is 1. The Balaban J connectivity index is 1.92. The third-order valence-corrected chi connectivity index (χ3v) is 3.29. The number of nitrogens with zero attached hydrogens (tertiary/aromatic N) is 2. The van der Waals surface area contributed by atoms with Crippen molar-refractivity contribution in [1.82, 2.24) is 15.1 Å². The molecule has 94 valence electrons. The zero-order valence-corrected chi connectivity index (χ0v) is 10.3. The second-order valence-electron chi connectivity index (χ2n) is 4.89. The Morgan fingerprint density at radius 2 is 2.41 bits per heavy atom. The molecule has 5 heteroatoms. The number of rotatable bonds is 6. The van der Waals surface area contributed by atoms with Crippen LogP contribution in [0.1, 0.15) is 42.2 Å². The molecule has 1 aromatic rings. The normalized spacial score (nSPS) is 17.1. The van der Waals surface area contributed by atoms with Gasteiger partial charge in [0.15, 0.2) is 0 Å². The minimum Gasteiger partial charge on any atom is -0.478 e. The highest BCUT2D eigenvalue weighted by Crippen LogP contribution is 2.33. The number of hydrogen-bond donors (Lipinski definition) is 2. The van der Waals surface area contributed by atoms with E-state index in [2.05, 4.69) is 17.3 Å². The molecule has 0 spiro atoms. The first-order valence-corrected chi connectivity index (χ1v) is 6.05. The molecule has 1 atom stereocenters. The molecule has 0 radical (unpaired) electrons. The van der Waals surface area contributed by atoms with Gasteiger partial charge in [0.1, 0.15) is 5.56 Å². The molecule has 0 amide bonds. The van der Waals surface area contributed by atoms with Crippen LogP contribution in [0.2, 0.25) is 0 Å². The van der Waals surface area contributed by atoms with Crippen molar-refractivity contribution in [3.05, 3.63) is 17.5 Å². The van der Waals surface area contributed by atoms with Crippen LogP contribution in [0.3, 0.4) is 0 Å². The molecule has 1 heterocycles. The van der Waals surface area contributed by atoms with Crippen molar-refractivity contribution in [3.8, 4) is 0 Å². The van der Waals surface area contributed by atoms with Crippen LogP contribution in [0, 0.1) is 5.92 Å². The average molecular weight is 237 g/mol. The fourth-order valence-corrected chi connectivity index (χ4v) is 2.06. The third-order valence-electron chi connectivity index (χ3n) is 3.29. The van der Waals surface area contributed by atoms with Crippen molar-refractivity contribution in [2.45, 2.75) is 38.8 Å². The topological polar surface area (TPSA) is 67.2 Å². The van der Waals surface area contributed by atoms with Gasteiger partial charge in [-0.3, -0.25) is 4.68 Å². The highest BCUT2D eigenvalue weighted by Gasteiger charge is 2.23. The maximum atomic E-state index is 11.0. The van der Waals surface area contributed by atoms with Crippen molar-refractivity contribution in [1.29, 1.82) is 0 Å². The van der Waals surface area contributed by atoms with E-state index < -0.39 is 5.97 Å². The molecule has 1 aliphatic rings. The van der Waals surface area contributed by atoms with Gasteiger partial charge in [-0.15, -0.1) is 0 Å². The zero-order chi connectivity index (χ0) is 12.4. The molecular formula is C12H19N3O2. The molecule has 1 fully saturated rings. The number of aryl methyl sites for hydroxylation is 1. The van der Waals surface area contributed by atoms with Gasteiger partial charge in [-0.05, 0) is 19.3 Å². The maximum absolute atomic E-state index is 11.0. The first kappa shape index (κ1) is 12.1. The Hall–Kier alpha value is -1.36. The Morgan fingerprint density at radius 3 is 3.00 bits per heavy atom. The van der Waals surface area contributed by atoms with E-state index in [9.17, 15) is 4.79 Å². The van der Waals surface area contributed by atoms with Gasteiger partial charge in [-0.2, -0.15) is 5.10 Å². The van der Waals surface area contributed by atoms with Crippen molar-refractivity contribution in [3.63, 3.8) is 0 Å². The lowest BCUT2D eigenvalue weighted by Gasteiger charge is -2.13. The summed E-state index contributed by atoms with van der Waals surface area (Å²) >= 11 is 0. The summed E-state index contributed by atoms with van der Waals surface area (Å²) in [5.74, 6) is -0.0345. The summed E-state index contributed by atoms with van der Waals surface area (Å²) in [5, 5.41) is 16.4. The van der Waals surface area contributed by atoms with Crippen LogP contribution >= 0.6 is 0 Å². The molecule has 1 saturated carbocycles. The fourth-order valence-electron chi connectivity index (χ4n) is 2.06. The fraction of sp³-hybridized carbons (Fsp3) is 0.667. The number of carboxylic acid groups (broad SMARTS) is 1. The van der Waals surface area contributed by atoms with E-state index in [-0.39, 0.29) is 0 Å². The van der Waals surface area contributed by atoms with Gasteiger partial charge >= 0.3 is 5.97 Å². The van der Waals surface area contributed by atoms with Gasteiger partial charge in [0.25, 0.3) is 0 Å². The minimum absolute atomic E-state index is 0.290. The second-order valence-corrected chi connectivity index (χ2v) is 4.89. The van der Waals surface area contributed by atoms with E-state index in [0.29, 0.717) is 18.2 Å². The summed E-state index contributed by atoms with van der Waals surface area (Å²) in [6, 6.07) is 0.430. The monoisotopic (exact) mass is 237 g/mol. The van der Waals surface area contributed by atoms with Crippen LogP contribution in [0.4, 0.5) is 0 Å². The molecular weight excluding hydrogens is 218 g/mol. The van der Waals surface area contributed by atoms with Crippen molar-refractivity contribution >= 4 is 5.97 Å². The summed E-state index contributed by atoms with van der Waals surface area (Å²) < 4.78 is 1.63. The smallest absolute Gasteiger partial charge is 0.339 e. The van der Waals surface area contributed by atoms with E-state index >= 15 is 0 Å². The molecule has 0 aromatic carbocycles. The summed E-state index contributed by atoms with van der Waals surface area (Å²) in [6.45, 7) is 2.71. The number of carbonyl (C=O) groups is 1. The first-order chi connectivity index (χ1) is 8.08. The number of carboxylic acids is 1. The molecule has 1 unspecified atom stereocenters. The molecule has 2 N–H and O–H groups in total. The Labute approximate surface area is 101 Å². The minimum atomic E-state index is -0.912. The first-order valence-electron chi connectivity index (χ1n) is 6.05.